The van der Waals surface area contributed by atoms with Crippen molar-refractivity contribution in [1.82, 2.24) is 4.98 Å². The fourth-order valence-corrected chi connectivity index (χ4v) is 1.19. The Balaban J connectivity index is 2.26. The number of pyridine rings is 1. The number of aromatic nitrogens is 1. The number of nitrogens with zero attached hydrogens (tertiary/aromatic N) is 1. The van der Waals surface area contributed by atoms with Crippen LogP contribution in [0.1, 0.15) is 11.1 Å². The molecule has 0 saturated heterocycles. The third kappa shape index (κ3) is 2.58. The highest BCUT2D eigenvalue weighted by Crippen LogP contribution is 2.01. The molecule has 0 amide bonds. The van der Waals surface area contributed by atoms with Gasteiger partial charge in [0.15, 0.2) is 0 Å². The third-order valence-electron chi connectivity index (χ3n) is 1.91. The molecule has 0 fully saturated rings. The zero-order valence-corrected chi connectivity index (χ0v) is 8.14. The smallest absolute Gasteiger partial charge is 0.124 e. The normalized spacial score (nSPS) is 9.07. The molecule has 2 nitrogen and oxygen atoms in total. The summed E-state index contributed by atoms with van der Waals surface area (Å²) in [5.74, 6) is 6.58. The highest BCUT2D eigenvalue weighted by atomic mass is 14.8. The molecule has 2 N–H and O–H groups in total. The minimum atomic E-state index is 0.495. The Morgan fingerprint density at radius 1 is 0.933 bits per heavy atom. The first-order valence-corrected chi connectivity index (χ1v) is 4.63. The van der Waals surface area contributed by atoms with Crippen LogP contribution < -0.4 is 5.73 Å². The van der Waals surface area contributed by atoms with Crippen molar-refractivity contribution in [2.24, 2.45) is 0 Å². The number of benzene rings is 1. The Hall–Kier alpha value is -2.27. The van der Waals surface area contributed by atoms with E-state index in [9.17, 15) is 0 Å². The van der Waals surface area contributed by atoms with Crippen LogP contribution in [0.4, 0.5) is 5.82 Å². The first kappa shape index (κ1) is 9.29. The number of hydrogen-bond acceptors (Lipinski definition) is 2. The highest BCUT2D eigenvalue weighted by Gasteiger charge is 1.88. The standard InChI is InChI=1S/C13H10N2/c14-13-10-12(8-9-15-13)7-6-11-4-2-1-3-5-11/h1-5,8-10H,(H2,14,15). The fourth-order valence-electron chi connectivity index (χ4n) is 1.19. The summed E-state index contributed by atoms with van der Waals surface area (Å²) in [4.78, 5) is 3.90. The zero-order valence-electron chi connectivity index (χ0n) is 8.14. The topological polar surface area (TPSA) is 38.9 Å². The fraction of sp³-hybridized carbons (Fsp3) is 0. The van der Waals surface area contributed by atoms with Crippen LogP contribution in [0.25, 0.3) is 0 Å². The van der Waals surface area contributed by atoms with Gasteiger partial charge in [0, 0.05) is 17.3 Å². The van der Waals surface area contributed by atoms with Crippen molar-refractivity contribution in [2.75, 3.05) is 5.73 Å². The maximum atomic E-state index is 5.55. The maximum Gasteiger partial charge on any atom is 0.124 e. The second-order valence-corrected chi connectivity index (χ2v) is 3.09. The maximum absolute atomic E-state index is 5.55. The lowest BCUT2D eigenvalue weighted by Gasteiger charge is -1.91. The molecule has 0 radical (unpaired) electrons. The quantitative estimate of drug-likeness (QED) is 0.652. The first-order valence-electron chi connectivity index (χ1n) is 4.63. The predicted molar refractivity (Wildman–Crippen MR) is 61.1 cm³/mol. The van der Waals surface area contributed by atoms with E-state index in [0.29, 0.717) is 5.82 Å². The van der Waals surface area contributed by atoms with Crippen molar-refractivity contribution >= 4 is 5.82 Å². The molecule has 15 heavy (non-hydrogen) atoms. The van der Waals surface area contributed by atoms with E-state index in [4.69, 9.17) is 5.73 Å². The zero-order chi connectivity index (χ0) is 10.5. The molecule has 0 saturated carbocycles. The van der Waals surface area contributed by atoms with Crippen molar-refractivity contribution in [3.8, 4) is 11.8 Å². The monoisotopic (exact) mass is 194 g/mol. The van der Waals surface area contributed by atoms with E-state index in [-0.39, 0.29) is 0 Å². The lowest BCUT2D eigenvalue weighted by atomic mass is 10.2. The Labute approximate surface area is 88.8 Å². The van der Waals surface area contributed by atoms with Gasteiger partial charge in [-0.1, -0.05) is 30.0 Å². The van der Waals surface area contributed by atoms with Crippen LogP contribution in [-0.2, 0) is 0 Å². The molecule has 1 aromatic heterocycles. The Bertz CT molecular complexity index is 507. The number of nitrogens with two attached hydrogens (primary N) is 1. The lowest BCUT2D eigenvalue weighted by molar-refractivity contribution is 1.33. The van der Waals surface area contributed by atoms with E-state index >= 15 is 0 Å². The van der Waals surface area contributed by atoms with Gasteiger partial charge in [-0.2, -0.15) is 0 Å². The average Bonchev–Trinajstić information content (AvgIpc) is 2.28. The van der Waals surface area contributed by atoms with E-state index in [0.717, 1.165) is 11.1 Å². The highest BCUT2D eigenvalue weighted by molar-refractivity contribution is 5.45. The minimum absolute atomic E-state index is 0.495. The number of nitrogen functional groups attached to an aromatic ring is 1. The largest absolute Gasteiger partial charge is 0.384 e. The van der Waals surface area contributed by atoms with Gasteiger partial charge in [0.25, 0.3) is 0 Å². The van der Waals surface area contributed by atoms with Gasteiger partial charge < -0.3 is 5.73 Å². The van der Waals surface area contributed by atoms with Crippen LogP contribution in [-0.4, -0.2) is 4.98 Å². The SMILES string of the molecule is Nc1cc(C#Cc2ccccc2)ccn1. The molecule has 2 rings (SSSR count). The van der Waals surface area contributed by atoms with Crippen LogP contribution in [0.2, 0.25) is 0 Å². The molecule has 2 heteroatoms. The van der Waals surface area contributed by atoms with Gasteiger partial charge in [0.1, 0.15) is 5.82 Å². The molecule has 1 heterocycles. The number of hydrogen-bond donors (Lipinski definition) is 1. The molecule has 72 valence electrons. The summed E-state index contributed by atoms with van der Waals surface area (Å²) in [5.41, 5.74) is 7.42. The Morgan fingerprint density at radius 2 is 1.67 bits per heavy atom. The van der Waals surface area contributed by atoms with E-state index in [1.807, 2.05) is 36.4 Å². The number of anilines is 1. The second-order valence-electron chi connectivity index (χ2n) is 3.09. The molecule has 1 aromatic carbocycles. The van der Waals surface area contributed by atoms with Gasteiger partial charge in [0.05, 0.1) is 0 Å². The van der Waals surface area contributed by atoms with Crippen molar-refractivity contribution in [1.29, 1.82) is 0 Å². The van der Waals surface area contributed by atoms with Crippen LogP contribution in [0.15, 0.2) is 48.7 Å². The molecule has 0 spiro atoms. The molecule has 2 aromatic rings. The predicted octanol–water partition coefficient (Wildman–Crippen LogP) is 2.06. The summed E-state index contributed by atoms with van der Waals surface area (Å²) >= 11 is 0. The summed E-state index contributed by atoms with van der Waals surface area (Å²) < 4.78 is 0. The van der Waals surface area contributed by atoms with E-state index in [1.165, 1.54) is 0 Å². The molecule has 0 atom stereocenters. The van der Waals surface area contributed by atoms with Crippen LogP contribution in [0.3, 0.4) is 0 Å². The van der Waals surface area contributed by atoms with Crippen molar-refractivity contribution in [3.05, 3.63) is 59.8 Å². The van der Waals surface area contributed by atoms with Gasteiger partial charge in [0.2, 0.25) is 0 Å². The molecule has 0 bridgehead atoms. The average molecular weight is 194 g/mol. The molecule has 0 unspecified atom stereocenters. The van der Waals surface area contributed by atoms with Crippen LogP contribution in [0, 0.1) is 11.8 Å². The third-order valence-corrected chi connectivity index (χ3v) is 1.91. The van der Waals surface area contributed by atoms with Gasteiger partial charge in [-0.3, -0.25) is 0 Å². The second kappa shape index (κ2) is 4.30. The summed E-state index contributed by atoms with van der Waals surface area (Å²) in [5, 5.41) is 0. The van der Waals surface area contributed by atoms with Crippen molar-refractivity contribution in [3.63, 3.8) is 0 Å². The molecule has 0 aliphatic carbocycles. The van der Waals surface area contributed by atoms with Crippen molar-refractivity contribution < 1.29 is 0 Å². The summed E-state index contributed by atoms with van der Waals surface area (Å²) in [6.45, 7) is 0. The summed E-state index contributed by atoms with van der Waals surface area (Å²) in [6.07, 6.45) is 1.66. The van der Waals surface area contributed by atoms with Gasteiger partial charge >= 0.3 is 0 Å². The van der Waals surface area contributed by atoms with E-state index < -0.39 is 0 Å². The van der Waals surface area contributed by atoms with Crippen LogP contribution in [0.5, 0.6) is 0 Å². The van der Waals surface area contributed by atoms with E-state index in [1.54, 1.807) is 12.3 Å². The Kier molecular flexibility index (Phi) is 2.66. The number of rotatable bonds is 0. The lowest BCUT2D eigenvalue weighted by Crippen LogP contribution is -1.88. The molecule has 0 aliphatic heterocycles. The molecular formula is C13H10N2. The Morgan fingerprint density at radius 3 is 2.40 bits per heavy atom. The summed E-state index contributed by atoms with van der Waals surface area (Å²) in [6, 6.07) is 13.4. The van der Waals surface area contributed by atoms with Gasteiger partial charge in [-0.15, -0.1) is 0 Å². The van der Waals surface area contributed by atoms with Gasteiger partial charge in [-0.05, 0) is 24.3 Å². The summed E-state index contributed by atoms with van der Waals surface area (Å²) in [7, 11) is 0. The molecular weight excluding hydrogens is 184 g/mol. The first-order chi connectivity index (χ1) is 7.34. The van der Waals surface area contributed by atoms with E-state index in [2.05, 4.69) is 16.8 Å². The van der Waals surface area contributed by atoms with Crippen LogP contribution >= 0.6 is 0 Å². The minimum Gasteiger partial charge on any atom is -0.384 e. The van der Waals surface area contributed by atoms with Crippen molar-refractivity contribution in [2.45, 2.75) is 0 Å². The van der Waals surface area contributed by atoms with Gasteiger partial charge in [-0.25, -0.2) is 4.98 Å². The molecule has 0 aliphatic rings.